The van der Waals surface area contributed by atoms with Gasteiger partial charge in [-0.25, -0.2) is 0 Å². The van der Waals surface area contributed by atoms with Gasteiger partial charge in [0, 0.05) is 6.61 Å². The molecule has 68 valence electrons. The lowest BCUT2D eigenvalue weighted by Crippen LogP contribution is -2.18. The van der Waals surface area contributed by atoms with Crippen LogP contribution in [0.25, 0.3) is 0 Å². The van der Waals surface area contributed by atoms with Crippen molar-refractivity contribution < 1.29 is 9.47 Å². The summed E-state index contributed by atoms with van der Waals surface area (Å²) in [5, 5.41) is 0. The molecule has 0 radical (unpaired) electrons. The normalized spacial score (nSPS) is 13.9. The molecule has 0 aliphatic rings. The van der Waals surface area contributed by atoms with Gasteiger partial charge in [0.15, 0.2) is 6.29 Å². The maximum absolute atomic E-state index is 5.47. The Hall–Kier alpha value is -0.0800. The van der Waals surface area contributed by atoms with Crippen LogP contribution in [0.5, 0.6) is 0 Å². The molecule has 0 heterocycles. The van der Waals surface area contributed by atoms with Crippen molar-refractivity contribution in [2.45, 2.75) is 40.4 Å². The van der Waals surface area contributed by atoms with Crippen LogP contribution in [0.15, 0.2) is 0 Å². The predicted octanol–water partition coefficient (Wildman–Crippen LogP) is 2.43. The minimum absolute atomic E-state index is 0.00222. The third-order valence-corrected chi connectivity index (χ3v) is 1.30. The summed E-state index contributed by atoms with van der Waals surface area (Å²) < 4.78 is 10.8. The minimum atomic E-state index is 0.00222. The zero-order chi connectivity index (χ0) is 8.69. The maximum Gasteiger partial charge on any atom is 0.157 e. The molecular weight excluding hydrogens is 140 g/mol. The summed E-state index contributed by atoms with van der Waals surface area (Å²) in [6.07, 6.45) is 0.933. The molecule has 2 nitrogen and oxygen atoms in total. The van der Waals surface area contributed by atoms with Gasteiger partial charge in [0.1, 0.15) is 0 Å². The highest BCUT2D eigenvalue weighted by Gasteiger charge is 2.05. The summed E-state index contributed by atoms with van der Waals surface area (Å²) >= 11 is 0. The van der Waals surface area contributed by atoms with Gasteiger partial charge in [-0.15, -0.1) is 0 Å². The van der Waals surface area contributed by atoms with E-state index in [0.717, 1.165) is 19.6 Å². The Morgan fingerprint density at radius 3 is 2.09 bits per heavy atom. The summed E-state index contributed by atoms with van der Waals surface area (Å²) in [6, 6.07) is 0. The van der Waals surface area contributed by atoms with Crippen molar-refractivity contribution in [1.29, 1.82) is 0 Å². The van der Waals surface area contributed by atoms with Crippen LogP contribution >= 0.6 is 0 Å². The molecule has 0 aliphatic heterocycles. The molecular formula is C9H20O2. The zero-order valence-electron chi connectivity index (χ0n) is 8.09. The second-order valence-corrected chi connectivity index (χ2v) is 3.02. The van der Waals surface area contributed by atoms with E-state index in [1.807, 2.05) is 6.92 Å². The lowest BCUT2D eigenvalue weighted by atomic mass is 10.2. The highest BCUT2D eigenvalue weighted by atomic mass is 16.7. The molecule has 0 saturated carbocycles. The van der Waals surface area contributed by atoms with Gasteiger partial charge < -0.3 is 9.47 Å². The van der Waals surface area contributed by atoms with E-state index >= 15 is 0 Å². The lowest BCUT2D eigenvalue weighted by Gasteiger charge is -2.16. The van der Waals surface area contributed by atoms with Gasteiger partial charge in [-0.3, -0.25) is 0 Å². The van der Waals surface area contributed by atoms with Crippen molar-refractivity contribution in [2.75, 3.05) is 13.2 Å². The largest absolute Gasteiger partial charge is 0.353 e. The Balaban J connectivity index is 3.35. The van der Waals surface area contributed by atoms with E-state index in [1.54, 1.807) is 0 Å². The van der Waals surface area contributed by atoms with Crippen LogP contribution in [0, 0.1) is 5.92 Å². The van der Waals surface area contributed by atoms with Gasteiger partial charge in [0.05, 0.1) is 6.61 Å². The van der Waals surface area contributed by atoms with Crippen molar-refractivity contribution in [1.82, 2.24) is 0 Å². The van der Waals surface area contributed by atoms with Crippen LogP contribution in [0.4, 0.5) is 0 Å². The number of ether oxygens (including phenoxy) is 2. The fraction of sp³-hybridized carbons (Fsp3) is 1.00. The van der Waals surface area contributed by atoms with Gasteiger partial charge in [-0.05, 0) is 19.3 Å². The third-order valence-electron chi connectivity index (χ3n) is 1.30. The first-order valence-electron chi connectivity index (χ1n) is 4.43. The molecule has 2 heteroatoms. The molecule has 0 amide bonds. The molecule has 1 atom stereocenters. The molecule has 0 aromatic carbocycles. The first-order valence-corrected chi connectivity index (χ1v) is 4.43. The van der Waals surface area contributed by atoms with Crippen LogP contribution in [0.1, 0.15) is 34.1 Å². The molecule has 0 aromatic rings. The molecule has 0 aromatic heterocycles. The van der Waals surface area contributed by atoms with Crippen molar-refractivity contribution in [3.63, 3.8) is 0 Å². The standard InChI is InChI=1S/C9H20O2/c1-5-9(10-6-2)11-7-8(3)4/h8-9H,5-7H2,1-4H3. The quantitative estimate of drug-likeness (QED) is 0.556. The molecule has 0 spiro atoms. The van der Waals surface area contributed by atoms with Crippen LogP contribution in [0.2, 0.25) is 0 Å². The first-order chi connectivity index (χ1) is 5.20. The number of hydrogen-bond acceptors (Lipinski definition) is 2. The Bertz CT molecular complexity index is 81.6. The molecule has 0 bridgehead atoms. The average Bonchev–Trinajstić information content (AvgIpc) is 1.97. The van der Waals surface area contributed by atoms with E-state index in [-0.39, 0.29) is 6.29 Å². The fourth-order valence-electron chi connectivity index (χ4n) is 0.769. The molecule has 0 aliphatic carbocycles. The third kappa shape index (κ3) is 6.32. The summed E-state index contributed by atoms with van der Waals surface area (Å²) in [7, 11) is 0. The Morgan fingerprint density at radius 1 is 1.09 bits per heavy atom. The van der Waals surface area contributed by atoms with E-state index in [2.05, 4.69) is 20.8 Å². The Morgan fingerprint density at radius 2 is 1.73 bits per heavy atom. The van der Waals surface area contributed by atoms with Crippen LogP contribution in [0.3, 0.4) is 0 Å². The number of rotatable bonds is 6. The average molecular weight is 160 g/mol. The van der Waals surface area contributed by atoms with E-state index in [9.17, 15) is 0 Å². The number of hydrogen-bond donors (Lipinski definition) is 0. The van der Waals surface area contributed by atoms with E-state index in [4.69, 9.17) is 9.47 Å². The smallest absolute Gasteiger partial charge is 0.157 e. The van der Waals surface area contributed by atoms with Crippen molar-refractivity contribution >= 4 is 0 Å². The van der Waals surface area contributed by atoms with Crippen LogP contribution in [-0.2, 0) is 9.47 Å². The Labute approximate surface area is 69.9 Å². The molecule has 1 unspecified atom stereocenters. The topological polar surface area (TPSA) is 18.5 Å². The molecule has 0 N–H and O–H groups in total. The second kappa shape index (κ2) is 6.62. The predicted molar refractivity (Wildman–Crippen MR) is 46.5 cm³/mol. The molecule has 0 rings (SSSR count). The van der Waals surface area contributed by atoms with Crippen molar-refractivity contribution in [2.24, 2.45) is 5.92 Å². The second-order valence-electron chi connectivity index (χ2n) is 3.02. The van der Waals surface area contributed by atoms with E-state index in [0.29, 0.717) is 5.92 Å². The molecule has 0 fully saturated rings. The summed E-state index contributed by atoms with van der Waals surface area (Å²) in [5.74, 6) is 0.588. The minimum Gasteiger partial charge on any atom is -0.353 e. The molecule has 11 heavy (non-hydrogen) atoms. The van der Waals surface area contributed by atoms with E-state index in [1.165, 1.54) is 0 Å². The van der Waals surface area contributed by atoms with Gasteiger partial charge in [-0.1, -0.05) is 20.8 Å². The first kappa shape index (κ1) is 10.9. The highest BCUT2D eigenvalue weighted by Crippen LogP contribution is 2.03. The maximum atomic E-state index is 5.47. The summed E-state index contributed by atoms with van der Waals surface area (Å²) in [4.78, 5) is 0. The van der Waals surface area contributed by atoms with Gasteiger partial charge in [0.2, 0.25) is 0 Å². The molecule has 0 saturated heterocycles. The highest BCUT2D eigenvalue weighted by molar-refractivity contribution is 4.43. The van der Waals surface area contributed by atoms with Crippen LogP contribution < -0.4 is 0 Å². The zero-order valence-corrected chi connectivity index (χ0v) is 8.09. The fourth-order valence-corrected chi connectivity index (χ4v) is 0.769. The van der Waals surface area contributed by atoms with E-state index < -0.39 is 0 Å². The monoisotopic (exact) mass is 160 g/mol. The Kier molecular flexibility index (Phi) is 6.57. The summed E-state index contributed by atoms with van der Waals surface area (Å²) in [5.41, 5.74) is 0. The SMILES string of the molecule is CCOC(CC)OCC(C)C. The summed E-state index contributed by atoms with van der Waals surface area (Å²) in [6.45, 7) is 9.86. The van der Waals surface area contributed by atoms with Gasteiger partial charge >= 0.3 is 0 Å². The van der Waals surface area contributed by atoms with Crippen molar-refractivity contribution in [3.8, 4) is 0 Å². The van der Waals surface area contributed by atoms with Crippen LogP contribution in [-0.4, -0.2) is 19.5 Å². The van der Waals surface area contributed by atoms with Gasteiger partial charge in [0.25, 0.3) is 0 Å². The van der Waals surface area contributed by atoms with Gasteiger partial charge in [-0.2, -0.15) is 0 Å². The van der Waals surface area contributed by atoms with Crippen molar-refractivity contribution in [3.05, 3.63) is 0 Å². The lowest BCUT2D eigenvalue weighted by molar-refractivity contribution is -0.146.